The van der Waals surface area contributed by atoms with Gasteiger partial charge >= 0.3 is 5.97 Å². The van der Waals surface area contributed by atoms with Gasteiger partial charge in [0, 0.05) is 5.56 Å². The molecule has 140 valence electrons. The van der Waals surface area contributed by atoms with Crippen LogP contribution in [0, 0.1) is 6.92 Å². The second-order valence-electron chi connectivity index (χ2n) is 5.93. The van der Waals surface area contributed by atoms with Crippen LogP contribution in [0.5, 0.6) is 11.5 Å². The van der Waals surface area contributed by atoms with Crippen molar-refractivity contribution in [2.45, 2.75) is 20.0 Å². The van der Waals surface area contributed by atoms with E-state index in [4.69, 9.17) is 18.6 Å². The Kier molecular flexibility index (Phi) is 5.40. The van der Waals surface area contributed by atoms with E-state index in [1.165, 1.54) is 14.2 Å². The number of hydrogen-bond donors (Lipinski definition) is 0. The molecule has 1 aromatic heterocycles. The summed E-state index contributed by atoms with van der Waals surface area (Å²) < 4.78 is 21.4. The number of carbonyl (C=O) groups excluding carboxylic acids is 1. The Hall–Kier alpha value is -3.35. The summed E-state index contributed by atoms with van der Waals surface area (Å²) in [6.07, 6.45) is -0.697. The van der Waals surface area contributed by atoms with Gasteiger partial charge in [-0.2, -0.15) is 0 Å². The van der Waals surface area contributed by atoms with E-state index in [0.717, 1.165) is 11.1 Å². The first kappa shape index (κ1) is 18.4. The topological polar surface area (TPSA) is 83.7 Å². The summed E-state index contributed by atoms with van der Waals surface area (Å²) in [5.41, 5.74) is 2.27. The highest BCUT2D eigenvalue weighted by Crippen LogP contribution is 2.29. The normalized spacial score (nSPS) is 11.7. The van der Waals surface area contributed by atoms with Gasteiger partial charge in [-0.15, -0.1) is 10.2 Å². The second kappa shape index (κ2) is 7.90. The van der Waals surface area contributed by atoms with Crippen molar-refractivity contribution in [3.05, 3.63) is 59.5 Å². The van der Waals surface area contributed by atoms with Gasteiger partial charge in [0.1, 0.15) is 0 Å². The molecule has 0 saturated carbocycles. The highest BCUT2D eigenvalue weighted by Gasteiger charge is 2.21. The summed E-state index contributed by atoms with van der Waals surface area (Å²) in [5, 5.41) is 8.01. The van der Waals surface area contributed by atoms with E-state index >= 15 is 0 Å². The second-order valence-corrected chi connectivity index (χ2v) is 5.93. The lowest BCUT2D eigenvalue weighted by Gasteiger charge is -2.11. The Morgan fingerprint density at radius 3 is 2.37 bits per heavy atom. The van der Waals surface area contributed by atoms with Crippen molar-refractivity contribution < 1.29 is 23.4 Å². The predicted octanol–water partition coefficient (Wildman–Crippen LogP) is 3.98. The number of hydrogen-bond acceptors (Lipinski definition) is 7. The smallest absolute Gasteiger partial charge is 0.339 e. The van der Waals surface area contributed by atoms with Gasteiger partial charge in [0.25, 0.3) is 5.89 Å². The molecule has 7 nitrogen and oxygen atoms in total. The first-order valence-electron chi connectivity index (χ1n) is 8.35. The Morgan fingerprint density at radius 2 is 1.70 bits per heavy atom. The molecule has 27 heavy (non-hydrogen) atoms. The largest absolute Gasteiger partial charge is 0.493 e. The van der Waals surface area contributed by atoms with Crippen molar-refractivity contribution in [1.82, 2.24) is 10.2 Å². The quantitative estimate of drug-likeness (QED) is 0.609. The summed E-state index contributed by atoms with van der Waals surface area (Å²) in [7, 11) is 3.03. The van der Waals surface area contributed by atoms with Crippen LogP contribution in [-0.2, 0) is 4.74 Å². The van der Waals surface area contributed by atoms with E-state index < -0.39 is 12.1 Å². The first-order chi connectivity index (χ1) is 13.0. The van der Waals surface area contributed by atoms with Crippen LogP contribution in [0.4, 0.5) is 0 Å². The SMILES string of the molecule is COc1ccc(C(=O)O[C@@H](C)c2nnc(-c3ccc(C)cc3)o2)cc1OC. The molecule has 2 aromatic carbocycles. The molecule has 0 aliphatic rings. The maximum atomic E-state index is 12.4. The fourth-order valence-electron chi connectivity index (χ4n) is 2.45. The minimum atomic E-state index is -0.697. The van der Waals surface area contributed by atoms with Crippen LogP contribution >= 0.6 is 0 Å². The van der Waals surface area contributed by atoms with Gasteiger partial charge in [-0.25, -0.2) is 4.79 Å². The third-order valence-electron chi connectivity index (χ3n) is 3.99. The molecule has 0 amide bonds. The van der Waals surface area contributed by atoms with Crippen molar-refractivity contribution in [2.75, 3.05) is 14.2 Å². The lowest BCUT2D eigenvalue weighted by Crippen LogP contribution is -2.10. The van der Waals surface area contributed by atoms with E-state index in [0.29, 0.717) is 23.0 Å². The van der Waals surface area contributed by atoms with Gasteiger partial charge in [-0.3, -0.25) is 0 Å². The maximum Gasteiger partial charge on any atom is 0.339 e. The molecule has 3 aromatic rings. The number of carbonyl (C=O) groups is 1. The Labute approximate surface area is 156 Å². The number of aromatic nitrogens is 2. The molecule has 0 N–H and O–H groups in total. The highest BCUT2D eigenvalue weighted by molar-refractivity contribution is 5.90. The van der Waals surface area contributed by atoms with Gasteiger partial charge in [-0.05, 0) is 44.2 Å². The molecule has 3 rings (SSSR count). The van der Waals surface area contributed by atoms with Gasteiger partial charge in [0.2, 0.25) is 5.89 Å². The zero-order valence-corrected chi connectivity index (χ0v) is 15.6. The zero-order chi connectivity index (χ0) is 19.4. The van der Waals surface area contributed by atoms with Crippen LogP contribution in [0.15, 0.2) is 46.9 Å². The number of rotatable bonds is 6. The Balaban J connectivity index is 1.72. The third-order valence-corrected chi connectivity index (χ3v) is 3.99. The van der Waals surface area contributed by atoms with Gasteiger partial charge < -0.3 is 18.6 Å². The average Bonchev–Trinajstić information content (AvgIpc) is 3.18. The predicted molar refractivity (Wildman–Crippen MR) is 97.8 cm³/mol. The van der Waals surface area contributed by atoms with Crippen LogP contribution in [0.3, 0.4) is 0 Å². The van der Waals surface area contributed by atoms with Crippen molar-refractivity contribution in [1.29, 1.82) is 0 Å². The monoisotopic (exact) mass is 368 g/mol. The highest BCUT2D eigenvalue weighted by atomic mass is 16.6. The summed E-state index contributed by atoms with van der Waals surface area (Å²) in [5.74, 6) is 1.04. The lowest BCUT2D eigenvalue weighted by atomic mass is 10.1. The van der Waals surface area contributed by atoms with Crippen LogP contribution in [-0.4, -0.2) is 30.4 Å². The van der Waals surface area contributed by atoms with Crippen LogP contribution in [0.25, 0.3) is 11.5 Å². The molecule has 0 aliphatic carbocycles. The van der Waals surface area contributed by atoms with E-state index in [9.17, 15) is 4.79 Å². The number of ether oxygens (including phenoxy) is 3. The molecule has 0 unspecified atom stereocenters. The molecule has 0 bridgehead atoms. The molecule has 0 fully saturated rings. The standard InChI is InChI=1S/C20H20N2O5/c1-12-5-7-14(8-6-12)19-22-21-18(27-19)13(2)26-20(23)15-9-10-16(24-3)17(11-15)25-4/h5-11,13H,1-4H3/t13-/m0/s1. The van der Waals surface area contributed by atoms with Crippen molar-refractivity contribution >= 4 is 5.97 Å². The minimum absolute atomic E-state index is 0.222. The summed E-state index contributed by atoms with van der Waals surface area (Å²) >= 11 is 0. The van der Waals surface area contributed by atoms with Crippen LogP contribution in [0.2, 0.25) is 0 Å². The Bertz CT molecular complexity index is 934. The summed E-state index contributed by atoms with van der Waals surface area (Å²) in [4.78, 5) is 12.4. The molecule has 1 heterocycles. The Morgan fingerprint density at radius 1 is 1.00 bits per heavy atom. The van der Waals surface area contributed by atoms with Crippen LogP contribution in [0.1, 0.15) is 34.8 Å². The van der Waals surface area contributed by atoms with E-state index in [1.807, 2.05) is 31.2 Å². The molecular formula is C20H20N2O5. The maximum absolute atomic E-state index is 12.4. The van der Waals surface area contributed by atoms with E-state index in [1.54, 1.807) is 25.1 Å². The third kappa shape index (κ3) is 4.08. The number of aryl methyl sites for hydroxylation is 1. The number of benzene rings is 2. The van der Waals surface area contributed by atoms with Crippen LogP contribution < -0.4 is 9.47 Å². The fourth-order valence-corrected chi connectivity index (χ4v) is 2.45. The number of methoxy groups -OCH3 is 2. The first-order valence-corrected chi connectivity index (χ1v) is 8.35. The lowest BCUT2D eigenvalue weighted by molar-refractivity contribution is 0.0279. The van der Waals surface area contributed by atoms with Crippen molar-refractivity contribution in [3.8, 4) is 23.0 Å². The molecule has 0 aliphatic heterocycles. The van der Waals surface area contributed by atoms with E-state index in [2.05, 4.69) is 10.2 Å². The van der Waals surface area contributed by atoms with E-state index in [-0.39, 0.29) is 5.89 Å². The fraction of sp³-hybridized carbons (Fsp3) is 0.250. The molecule has 0 radical (unpaired) electrons. The summed E-state index contributed by atoms with van der Waals surface area (Å²) in [6.45, 7) is 3.67. The van der Waals surface area contributed by atoms with Crippen molar-refractivity contribution in [2.24, 2.45) is 0 Å². The number of esters is 1. The molecule has 0 spiro atoms. The molecule has 1 atom stereocenters. The van der Waals surface area contributed by atoms with Gasteiger partial charge in [-0.1, -0.05) is 17.7 Å². The van der Waals surface area contributed by atoms with Gasteiger partial charge in [0.05, 0.1) is 19.8 Å². The number of nitrogens with zero attached hydrogens (tertiary/aromatic N) is 2. The zero-order valence-electron chi connectivity index (χ0n) is 15.6. The molecular weight excluding hydrogens is 348 g/mol. The summed E-state index contributed by atoms with van der Waals surface area (Å²) in [6, 6.07) is 12.5. The average molecular weight is 368 g/mol. The minimum Gasteiger partial charge on any atom is -0.493 e. The van der Waals surface area contributed by atoms with Crippen molar-refractivity contribution in [3.63, 3.8) is 0 Å². The van der Waals surface area contributed by atoms with Gasteiger partial charge in [0.15, 0.2) is 17.6 Å². The molecule has 0 saturated heterocycles. The molecule has 7 heteroatoms.